The van der Waals surface area contributed by atoms with E-state index in [9.17, 15) is 5.26 Å². The molecule has 1 atom stereocenters. The molecule has 1 unspecified atom stereocenters. The van der Waals surface area contributed by atoms with Crippen molar-refractivity contribution in [3.05, 3.63) is 71.3 Å². The van der Waals surface area contributed by atoms with Crippen LogP contribution in [0.25, 0.3) is 5.57 Å². The number of hydrogen-bond donors (Lipinski definition) is 0. The topological polar surface area (TPSA) is 23.8 Å². The van der Waals surface area contributed by atoms with Crippen molar-refractivity contribution in [1.29, 1.82) is 5.26 Å². The molecule has 0 N–H and O–H groups in total. The molecule has 2 aromatic rings. The molecule has 1 nitrogen and oxygen atoms in total. The van der Waals surface area contributed by atoms with Gasteiger partial charge in [0, 0.05) is 15.7 Å². The number of thioether (sulfide) groups is 1. The minimum Gasteiger partial charge on any atom is -0.193 e. The zero-order chi connectivity index (χ0) is 13.2. The van der Waals surface area contributed by atoms with Crippen LogP contribution in [0.3, 0.4) is 0 Å². The highest BCUT2D eigenvalue weighted by Crippen LogP contribution is 2.43. The predicted octanol–water partition coefficient (Wildman–Crippen LogP) is 4.51. The lowest BCUT2D eigenvalue weighted by Crippen LogP contribution is -2.10. The van der Waals surface area contributed by atoms with Crippen molar-refractivity contribution in [1.82, 2.24) is 0 Å². The van der Waals surface area contributed by atoms with Gasteiger partial charge in [0.1, 0.15) is 0 Å². The third-order valence-electron chi connectivity index (χ3n) is 3.32. The van der Waals surface area contributed by atoms with E-state index in [1.165, 1.54) is 10.5 Å². The number of nitriles is 1. The van der Waals surface area contributed by atoms with Crippen LogP contribution in [0.4, 0.5) is 0 Å². The van der Waals surface area contributed by atoms with Crippen LogP contribution < -0.4 is 0 Å². The van der Waals surface area contributed by atoms with E-state index < -0.39 is 0 Å². The second-order valence-electron chi connectivity index (χ2n) is 4.52. The molecule has 0 bridgehead atoms. The molecule has 3 rings (SSSR count). The van der Waals surface area contributed by atoms with Crippen molar-refractivity contribution in [2.75, 3.05) is 0 Å². The highest BCUT2D eigenvalue weighted by atomic mass is 32.2. The molecule has 0 saturated heterocycles. The van der Waals surface area contributed by atoms with Gasteiger partial charge in [-0.25, -0.2) is 0 Å². The van der Waals surface area contributed by atoms with E-state index in [4.69, 9.17) is 0 Å². The minimum absolute atomic E-state index is 0.204. The van der Waals surface area contributed by atoms with Crippen LogP contribution in [0.2, 0.25) is 0 Å². The fourth-order valence-corrected chi connectivity index (χ4v) is 3.56. The first-order chi connectivity index (χ1) is 9.31. The number of benzene rings is 2. The van der Waals surface area contributed by atoms with Gasteiger partial charge in [-0.3, -0.25) is 0 Å². The van der Waals surface area contributed by atoms with Gasteiger partial charge in [-0.2, -0.15) is 5.26 Å². The van der Waals surface area contributed by atoms with Crippen molar-refractivity contribution < 1.29 is 0 Å². The van der Waals surface area contributed by atoms with Crippen LogP contribution in [0, 0.1) is 11.3 Å². The standard InChI is InChI=1S/C17H13NS/c1-12-15(11-18)17(13-7-3-2-4-8-13)14-9-5-6-10-16(14)19-12/h2-10,12H,1H3. The summed E-state index contributed by atoms with van der Waals surface area (Å²) in [7, 11) is 0. The lowest BCUT2D eigenvalue weighted by atomic mass is 9.91. The Bertz CT molecular complexity index is 680. The van der Waals surface area contributed by atoms with Gasteiger partial charge in [-0.15, -0.1) is 11.8 Å². The molecular weight excluding hydrogens is 250 g/mol. The van der Waals surface area contributed by atoms with Gasteiger partial charge >= 0.3 is 0 Å². The second-order valence-corrected chi connectivity index (χ2v) is 5.91. The smallest absolute Gasteiger partial charge is 0.0965 e. The first-order valence-corrected chi connectivity index (χ1v) is 7.15. The zero-order valence-corrected chi connectivity index (χ0v) is 11.4. The Morgan fingerprint density at radius 2 is 1.68 bits per heavy atom. The third-order valence-corrected chi connectivity index (χ3v) is 4.52. The number of nitrogens with zero attached hydrogens (tertiary/aromatic N) is 1. The zero-order valence-electron chi connectivity index (χ0n) is 10.6. The van der Waals surface area contributed by atoms with Crippen LogP contribution in [-0.4, -0.2) is 5.25 Å². The van der Waals surface area contributed by atoms with E-state index in [-0.39, 0.29) is 5.25 Å². The average Bonchev–Trinajstić information content (AvgIpc) is 2.46. The highest BCUT2D eigenvalue weighted by Gasteiger charge is 2.25. The van der Waals surface area contributed by atoms with Gasteiger partial charge < -0.3 is 0 Å². The monoisotopic (exact) mass is 263 g/mol. The predicted molar refractivity (Wildman–Crippen MR) is 79.8 cm³/mol. The first kappa shape index (κ1) is 12.1. The molecule has 0 aliphatic carbocycles. The summed E-state index contributed by atoms with van der Waals surface area (Å²) in [6, 6.07) is 20.9. The largest absolute Gasteiger partial charge is 0.193 e. The number of fused-ring (bicyclic) bond motifs is 1. The van der Waals surface area contributed by atoms with E-state index in [0.29, 0.717) is 0 Å². The van der Waals surface area contributed by atoms with Gasteiger partial charge in [0.25, 0.3) is 0 Å². The molecule has 2 aromatic carbocycles. The molecular formula is C17H13NS. The normalized spacial score (nSPS) is 17.8. The van der Waals surface area contributed by atoms with Gasteiger partial charge in [0.05, 0.1) is 11.6 Å². The molecule has 19 heavy (non-hydrogen) atoms. The summed E-state index contributed by atoms with van der Waals surface area (Å²) in [6.45, 7) is 2.10. The number of hydrogen-bond acceptors (Lipinski definition) is 2. The van der Waals surface area contributed by atoms with Crippen LogP contribution in [0.1, 0.15) is 18.1 Å². The Hall–Kier alpha value is -1.98. The molecule has 0 spiro atoms. The Labute approximate surface area is 117 Å². The molecule has 0 radical (unpaired) electrons. The van der Waals surface area contributed by atoms with E-state index in [1.807, 2.05) is 24.3 Å². The molecule has 1 heterocycles. The van der Waals surface area contributed by atoms with E-state index >= 15 is 0 Å². The van der Waals surface area contributed by atoms with E-state index in [2.05, 4.69) is 43.3 Å². The summed E-state index contributed by atoms with van der Waals surface area (Å²) in [5.74, 6) is 0. The maximum absolute atomic E-state index is 9.50. The van der Waals surface area contributed by atoms with Crippen molar-refractivity contribution >= 4 is 17.3 Å². The van der Waals surface area contributed by atoms with Gasteiger partial charge in [0.15, 0.2) is 0 Å². The Morgan fingerprint density at radius 1 is 1.00 bits per heavy atom. The molecule has 1 aliphatic rings. The summed E-state index contributed by atoms with van der Waals surface area (Å²) in [6.07, 6.45) is 0. The van der Waals surface area contributed by atoms with Gasteiger partial charge in [-0.1, -0.05) is 48.5 Å². The highest BCUT2D eigenvalue weighted by molar-refractivity contribution is 8.00. The van der Waals surface area contributed by atoms with Crippen LogP contribution in [0.5, 0.6) is 0 Å². The first-order valence-electron chi connectivity index (χ1n) is 6.27. The SMILES string of the molecule is CC1Sc2ccccc2C(c2ccccc2)=C1C#N. The molecule has 0 fully saturated rings. The van der Waals surface area contributed by atoms with Crippen molar-refractivity contribution in [2.45, 2.75) is 17.1 Å². The maximum atomic E-state index is 9.50. The van der Waals surface area contributed by atoms with Crippen LogP contribution in [0.15, 0.2) is 65.1 Å². The van der Waals surface area contributed by atoms with Crippen LogP contribution >= 0.6 is 11.8 Å². The molecule has 2 heteroatoms. The van der Waals surface area contributed by atoms with Gasteiger partial charge in [0.2, 0.25) is 0 Å². The Morgan fingerprint density at radius 3 is 2.42 bits per heavy atom. The summed E-state index contributed by atoms with van der Waals surface area (Å²) < 4.78 is 0. The van der Waals surface area contributed by atoms with E-state index in [0.717, 1.165) is 16.7 Å². The maximum Gasteiger partial charge on any atom is 0.0965 e. The fraction of sp³-hybridized carbons (Fsp3) is 0.118. The van der Waals surface area contributed by atoms with Crippen molar-refractivity contribution in [3.63, 3.8) is 0 Å². The fourth-order valence-electron chi connectivity index (χ4n) is 2.44. The number of rotatable bonds is 1. The summed E-state index contributed by atoms with van der Waals surface area (Å²) in [5.41, 5.74) is 4.26. The molecule has 0 aromatic heterocycles. The summed E-state index contributed by atoms with van der Waals surface area (Å²) >= 11 is 1.76. The van der Waals surface area contributed by atoms with Gasteiger partial charge in [-0.05, 0) is 24.1 Å². The third kappa shape index (κ3) is 2.07. The minimum atomic E-state index is 0.204. The Balaban J connectivity index is 2.30. The lowest BCUT2D eigenvalue weighted by molar-refractivity contribution is 1.14. The second kappa shape index (κ2) is 4.95. The summed E-state index contributed by atoms with van der Waals surface area (Å²) in [4.78, 5) is 1.26. The van der Waals surface area contributed by atoms with Crippen molar-refractivity contribution in [2.24, 2.45) is 0 Å². The van der Waals surface area contributed by atoms with E-state index in [1.54, 1.807) is 11.8 Å². The van der Waals surface area contributed by atoms with Crippen LogP contribution in [-0.2, 0) is 0 Å². The molecule has 1 aliphatic heterocycles. The quantitative estimate of drug-likeness (QED) is 0.756. The summed E-state index contributed by atoms with van der Waals surface area (Å²) in [5, 5.41) is 9.70. The molecule has 0 saturated carbocycles. The molecule has 0 amide bonds. The average molecular weight is 263 g/mol. The Kier molecular flexibility index (Phi) is 3.15. The lowest BCUT2D eigenvalue weighted by Gasteiger charge is -2.24. The molecule has 92 valence electrons. The van der Waals surface area contributed by atoms with Crippen molar-refractivity contribution in [3.8, 4) is 6.07 Å².